The van der Waals surface area contributed by atoms with Crippen LogP contribution in [0.3, 0.4) is 0 Å². The van der Waals surface area contributed by atoms with E-state index in [1.54, 1.807) is 14.1 Å². The molecule has 7 N–H and O–H groups in total. The van der Waals surface area contributed by atoms with Crippen LogP contribution in [0.1, 0.15) is 38.5 Å². The van der Waals surface area contributed by atoms with E-state index >= 15 is 0 Å². The fourth-order valence-electron chi connectivity index (χ4n) is 2.52. The van der Waals surface area contributed by atoms with Crippen LogP contribution >= 0.6 is 0 Å². The highest BCUT2D eigenvalue weighted by Crippen LogP contribution is 2.38. The Bertz CT molecular complexity index is 830. The summed E-state index contributed by atoms with van der Waals surface area (Å²) in [6.45, 7) is 1.82. The zero-order chi connectivity index (χ0) is 26.1. The van der Waals surface area contributed by atoms with E-state index in [9.17, 15) is 30.3 Å². The van der Waals surface area contributed by atoms with Crippen LogP contribution in [0.5, 0.6) is 5.75 Å². The van der Waals surface area contributed by atoms with Gasteiger partial charge in [0.05, 0.1) is 26.9 Å². The highest BCUT2D eigenvalue weighted by Gasteiger charge is 2.30. The molecule has 0 heterocycles. The van der Waals surface area contributed by atoms with Gasteiger partial charge in [0.2, 0.25) is 0 Å². The van der Waals surface area contributed by atoms with Crippen molar-refractivity contribution in [1.82, 2.24) is 10.6 Å². The molecule has 0 spiro atoms. The number of hydrogen-bond donors (Lipinski definition) is 5. The first kappa shape index (κ1) is 29.8. The second-order valence-electron chi connectivity index (χ2n) is 6.80. The SMILES string of the molecule is CN=C(N)NCCCCCCCCNC(N)=NC.O=[N+]([O-])c1cc([N+](=O)[O-])c(O)c([N+](=O)[O-])c1. The molecule has 0 saturated carbocycles. The summed E-state index contributed by atoms with van der Waals surface area (Å²) in [6.07, 6.45) is 7.28. The Balaban J connectivity index is 0.000000644. The molecule has 16 nitrogen and oxygen atoms in total. The van der Waals surface area contributed by atoms with E-state index in [1.165, 1.54) is 25.7 Å². The molecule has 16 heteroatoms. The molecular formula is C18H31N9O7. The van der Waals surface area contributed by atoms with Gasteiger partial charge in [-0.15, -0.1) is 0 Å². The molecule has 1 aromatic rings. The van der Waals surface area contributed by atoms with Crippen molar-refractivity contribution in [3.8, 4) is 5.75 Å². The molecule has 0 aliphatic carbocycles. The number of aromatic hydroxyl groups is 1. The Morgan fingerprint density at radius 1 is 0.794 bits per heavy atom. The molecule has 0 unspecified atom stereocenters. The fourth-order valence-corrected chi connectivity index (χ4v) is 2.52. The molecule has 1 aromatic carbocycles. The fraction of sp³-hybridized carbons (Fsp3) is 0.556. The number of nitrogens with two attached hydrogens (primary N) is 2. The molecule has 0 amide bonds. The topological polar surface area (TPSA) is 250 Å². The van der Waals surface area contributed by atoms with Crippen LogP contribution in [0, 0.1) is 30.3 Å². The zero-order valence-corrected chi connectivity index (χ0v) is 19.1. The predicted octanol–water partition coefficient (Wildman–Crippen LogP) is 1.51. The number of aliphatic imine (C=N–C) groups is 2. The first-order valence-electron chi connectivity index (χ1n) is 10.3. The Labute approximate surface area is 195 Å². The number of hydrogen-bond acceptors (Lipinski definition) is 9. The lowest BCUT2D eigenvalue weighted by Crippen LogP contribution is -2.32. The van der Waals surface area contributed by atoms with Gasteiger partial charge in [0, 0.05) is 27.2 Å². The molecule has 0 bridgehead atoms. The molecule has 0 aliphatic rings. The highest BCUT2D eigenvalue weighted by molar-refractivity contribution is 5.77. The van der Waals surface area contributed by atoms with Gasteiger partial charge in [0.15, 0.2) is 11.9 Å². The van der Waals surface area contributed by atoms with Gasteiger partial charge in [-0.2, -0.15) is 0 Å². The lowest BCUT2D eigenvalue weighted by Gasteiger charge is -2.05. The predicted molar refractivity (Wildman–Crippen MR) is 127 cm³/mol. The van der Waals surface area contributed by atoms with E-state index in [1.807, 2.05) is 0 Å². The van der Waals surface area contributed by atoms with Crippen molar-refractivity contribution in [1.29, 1.82) is 0 Å². The van der Waals surface area contributed by atoms with Crippen LogP contribution in [0.2, 0.25) is 0 Å². The van der Waals surface area contributed by atoms with Crippen molar-refractivity contribution in [2.24, 2.45) is 21.5 Å². The number of nitro groups is 3. The largest absolute Gasteiger partial charge is 0.497 e. The molecule has 0 aliphatic heterocycles. The number of phenols is 1. The van der Waals surface area contributed by atoms with Crippen molar-refractivity contribution < 1.29 is 19.9 Å². The van der Waals surface area contributed by atoms with Gasteiger partial charge in [0.25, 0.3) is 11.4 Å². The minimum absolute atomic E-state index is 0.447. The number of benzene rings is 1. The van der Waals surface area contributed by atoms with E-state index in [2.05, 4.69) is 20.6 Å². The molecule has 34 heavy (non-hydrogen) atoms. The lowest BCUT2D eigenvalue weighted by molar-refractivity contribution is -0.404. The van der Waals surface area contributed by atoms with Gasteiger partial charge in [-0.1, -0.05) is 25.7 Å². The van der Waals surface area contributed by atoms with E-state index in [0.717, 1.165) is 25.9 Å². The first-order chi connectivity index (χ1) is 16.0. The first-order valence-corrected chi connectivity index (χ1v) is 10.3. The molecular weight excluding hydrogens is 454 g/mol. The average Bonchev–Trinajstić information content (AvgIpc) is 2.79. The van der Waals surface area contributed by atoms with Crippen LogP contribution in [-0.2, 0) is 0 Å². The molecule has 0 radical (unpaired) electrons. The van der Waals surface area contributed by atoms with Crippen molar-refractivity contribution in [3.05, 3.63) is 42.5 Å². The summed E-state index contributed by atoms with van der Waals surface area (Å²) in [5, 5.41) is 46.3. The van der Waals surface area contributed by atoms with Gasteiger partial charge in [0.1, 0.15) is 0 Å². The van der Waals surface area contributed by atoms with Crippen molar-refractivity contribution in [2.45, 2.75) is 38.5 Å². The molecule has 0 fully saturated rings. The van der Waals surface area contributed by atoms with Gasteiger partial charge in [-0.05, 0) is 12.8 Å². The number of nitro benzene ring substituents is 3. The Hall–Kier alpha value is -4.24. The van der Waals surface area contributed by atoms with Crippen LogP contribution in [0.25, 0.3) is 0 Å². The number of nitrogens with one attached hydrogen (secondary N) is 2. The molecule has 1 rings (SSSR count). The maximum Gasteiger partial charge on any atom is 0.324 e. The van der Waals surface area contributed by atoms with Crippen molar-refractivity contribution >= 4 is 29.0 Å². The summed E-state index contributed by atoms with van der Waals surface area (Å²) in [7, 11) is 3.37. The van der Waals surface area contributed by atoms with Crippen LogP contribution in [0.4, 0.5) is 17.1 Å². The summed E-state index contributed by atoms with van der Waals surface area (Å²) < 4.78 is 0. The Morgan fingerprint density at radius 2 is 1.15 bits per heavy atom. The number of non-ortho nitro benzene ring substituents is 1. The van der Waals surface area contributed by atoms with Crippen molar-refractivity contribution in [3.63, 3.8) is 0 Å². The van der Waals surface area contributed by atoms with Crippen LogP contribution in [-0.4, -0.2) is 59.0 Å². The number of rotatable bonds is 12. The second-order valence-corrected chi connectivity index (χ2v) is 6.80. The zero-order valence-electron chi connectivity index (χ0n) is 19.1. The maximum absolute atomic E-state index is 10.4. The molecule has 0 saturated heterocycles. The summed E-state index contributed by atoms with van der Waals surface area (Å²) in [5.41, 5.74) is 8.03. The van der Waals surface area contributed by atoms with Gasteiger partial charge < -0.3 is 27.2 Å². The minimum Gasteiger partial charge on any atom is -0.497 e. The minimum atomic E-state index is -1.21. The standard InChI is InChI=1S/C12H28N6.C6H3N3O7/c1-15-11(13)17-9-7-5-3-4-6-8-10-18-12(14)16-2;10-6-4(8(13)14)1-3(7(11)12)2-5(6)9(15)16/h3-10H2,1-2H3,(H3,13,15,17)(H3,14,16,18);1-2,10H. The summed E-state index contributed by atoms with van der Waals surface area (Å²) in [6, 6.07) is 0.894. The highest BCUT2D eigenvalue weighted by atomic mass is 16.6. The van der Waals surface area contributed by atoms with Crippen LogP contribution < -0.4 is 22.1 Å². The monoisotopic (exact) mass is 485 g/mol. The smallest absolute Gasteiger partial charge is 0.324 e. The van der Waals surface area contributed by atoms with E-state index in [-0.39, 0.29) is 0 Å². The second kappa shape index (κ2) is 16.4. The van der Waals surface area contributed by atoms with E-state index < -0.39 is 37.6 Å². The average molecular weight is 486 g/mol. The quantitative estimate of drug-likeness (QED) is 0.0932. The maximum atomic E-state index is 10.4. The Morgan fingerprint density at radius 3 is 1.44 bits per heavy atom. The summed E-state index contributed by atoms with van der Waals surface area (Å²) >= 11 is 0. The number of nitrogens with zero attached hydrogens (tertiary/aromatic N) is 5. The van der Waals surface area contributed by atoms with Gasteiger partial charge >= 0.3 is 11.4 Å². The van der Waals surface area contributed by atoms with Crippen molar-refractivity contribution in [2.75, 3.05) is 27.2 Å². The van der Waals surface area contributed by atoms with Crippen LogP contribution in [0.15, 0.2) is 22.1 Å². The normalized spacial score (nSPS) is 11.2. The molecule has 190 valence electrons. The third-order valence-corrected chi connectivity index (χ3v) is 4.36. The van der Waals surface area contributed by atoms with E-state index in [4.69, 9.17) is 16.6 Å². The number of unbranched alkanes of at least 4 members (excludes halogenated alkanes) is 5. The molecule has 0 atom stereocenters. The third kappa shape index (κ3) is 12.0. The Kier molecular flexibility index (Phi) is 14.4. The number of phenolic OH excluding ortho intramolecular Hbond substituents is 1. The van der Waals surface area contributed by atoms with Gasteiger partial charge in [-0.3, -0.25) is 40.3 Å². The number of guanidine groups is 2. The van der Waals surface area contributed by atoms with Gasteiger partial charge in [-0.25, -0.2) is 0 Å². The summed E-state index contributed by atoms with van der Waals surface area (Å²) in [5.74, 6) is -0.159. The molecule has 0 aromatic heterocycles. The third-order valence-electron chi connectivity index (χ3n) is 4.36. The summed E-state index contributed by atoms with van der Waals surface area (Å²) in [4.78, 5) is 35.4. The lowest BCUT2D eigenvalue weighted by atomic mass is 10.1. The van der Waals surface area contributed by atoms with E-state index in [0.29, 0.717) is 24.1 Å².